The van der Waals surface area contributed by atoms with E-state index in [2.05, 4.69) is 57.3 Å². The van der Waals surface area contributed by atoms with Crippen LogP contribution >= 0.6 is 0 Å². The number of amides is 1. The highest BCUT2D eigenvalue weighted by atomic mass is 32.2. The normalized spacial score (nSPS) is 13.9. The molecule has 1 amide bonds. The number of primary sulfonamides is 1. The van der Waals surface area contributed by atoms with E-state index in [4.69, 9.17) is 5.14 Å². The number of carbonyl (C=O) groups is 1. The molecule has 2 aromatic carbocycles. The van der Waals surface area contributed by atoms with Gasteiger partial charge in [0.1, 0.15) is 6.04 Å². The number of carbonyl (C=O) groups excluding carboxylic acids is 1. The Labute approximate surface area is 173 Å². The highest BCUT2D eigenvalue weighted by molar-refractivity contribution is 7.89. The van der Waals surface area contributed by atoms with Crippen molar-refractivity contribution in [1.82, 2.24) is 0 Å². The fraction of sp³-hybridized carbons (Fsp3) is 0.409. The van der Waals surface area contributed by atoms with Gasteiger partial charge in [-0.1, -0.05) is 52.0 Å². The van der Waals surface area contributed by atoms with Crippen molar-refractivity contribution >= 4 is 21.6 Å². The van der Waals surface area contributed by atoms with E-state index >= 15 is 0 Å². The second kappa shape index (κ2) is 10.0. The van der Waals surface area contributed by atoms with Crippen LogP contribution in [0.15, 0.2) is 53.4 Å². The van der Waals surface area contributed by atoms with Crippen LogP contribution in [0.3, 0.4) is 0 Å². The molecule has 2 atom stereocenters. The first-order valence-electron chi connectivity index (χ1n) is 9.97. The van der Waals surface area contributed by atoms with E-state index in [-0.39, 0.29) is 23.4 Å². The predicted octanol–water partition coefficient (Wildman–Crippen LogP) is 2.75. The van der Waals surface area contributed by atoms with Gasteiger partial charge >= 0.3 is 0 Å². The maximum atomic E-state index is 12.3. The zero-order chi connectivity index (χ0) is 21.6. The van der Waals surface area contributed by atoms with Crippen molar-refractivity contribution in [2.24, 2.45) is 11.1 Å². The van der Waals surface area contributed by atoms with Crippen molar-refractivity contribution in [3.63, 3.8) is 0 Å². The number of rotatable bonds is 9. The SMILES string of the molecule is CC[C@@H](C)c1ccc([C@H]([NH2+]CC(=O)Nc2ccc(S(N)(=O)=O)cc2)C(C)C)cc1. The molecule has 0 aliphatic heterocycles. The molecule has 0 aliphatic carbocycles. The van der Waals surface area contributed by atoms with E-state index in [0.717, 1.165) is 6.42 Å². The third-order valence-corrected chi connectivity index (χ3v) is 6.17. The average Bonchev–Trinajstić information content (AvgIpc) is 2.67. The smallest absolute Gasteiger partial charge is 0.279 e. The first-order valence-corrected chi connectivity index (χ1v) is 11.5. The summed E-state index contributed by atoms with van der Waals surface area (Å²) in [6.45, 7) is 8.97. The number of nitrogens with one attached hydrogen (secondary N) is 1. The maximum Gasteiger partial charge on any atom is 0.279 e. The standard InChI is InChI=1S/C22H31N3O3S/c1-5-16(4)17-6-8-18(9-7-17)22(15(2)3)24-14-21(26)25-19-10-12-20(13-11-19)29(23,27)28/h6-13,15-16,22,24H,5,14H2,1-4H3,(H,25,26)(H2,23,27,28)/p+1/t16-,22-/m1/s1. The Morgan fingerprint density at radius 2 is 1.55 bits per heavy atom. The second-order valence-electron chi connectivity index (χ2n) is 7.80. The lowest BCUT2D eigenvalue weighted by atomic mass is 9.92. The van der Waals surface area contributed by atoms with Gasteiger partial charge in [-0.25, -0.2) is 13.6 Å². The summed E-state index contributed by atoms with van der Waals surface area (Å²) in [5.74, 6) is 0.762. The number of hydrogen-bond acceptors (Lipinski definition) is 3. The molecule has 0 unspecified atom stereocenters. The molecule has 6 nitrogen and oxygen atoms in total. The first kappa shape index (κ1) is 23.1. The minimum atomic E-state index is -3.74. The summed E-state index contributed by atoms with van der Waals surface area (Å²) in [5, 5.41) is 9.92. The largest absolute Gasteiger partial charge is 0.332 e. The molecule has 0 spiro atoms. The van der Waals surface area contributed by atoms with Crippen LogP contribution in [0.5, 0.6) is 0 Å². The molecule has 0 aliphatic rings. The Kier molecular flexibility index (Phi) is 7.96. The number of sulfonamides is 1. The lowest BCUT2D eigenvalue weighted by Crippen LogP contribution is -2.88. The van der Waals surface area contributed by atoms with E-state index in [0.29, 0.717) is 17.5 Å². The first-order chi connectivity index (χ1) is 13.6. The summed E-state index contributed by atoms with van der Waals surface area (Å²) in [7, 11) is -3.74. The van der Waals surface area contributed by atoms with Gasteiger partial charge in [-0.3, -0.25) is 4.79 Å². The van der Waals surface area contributed by atoms with Crippen molar-refractivity contribution in [2.45, 2.75) is 51.0 Å². The number of quaternary nitrogens is 1. The van der Waals surface area contributed by atoms with Gasteiger partial charge in [0.05, 0.1) is 4.90 Å². The Morgan fingerprint density at radius 1 is 1.00 bits per heavy atom. The van der Waals surface area contributed by atoms with Crippen molar-refractivity contribution in [3.8, 4) is 0 Å². The Bertz CT molecular complexity index is 907. The number of hydrogen-bond donors (Lipinski definition) is 3. The van der Waals surface area contributed by atoms with E-state index < -0.39 is 10.0 Å². The topological polar surface area (TPSA) is 106 Å². The zero-order valence-corrected chi connectivity index (χ0v) is 18.4. The highest BCUT2D eigenvalue weighted by Gasteiger charge is 2.21. The van der Waals surface area contributed by atoms with E-state index in [1.165, 1.54) is 35.4 Å². The molecule has 158 valence electrons. The number of anilines is 1. The molecule has 7 heteroatoms. The molecule has 0 aromatic heterocycles. The van der Waals surface area contributed by atoms with Crippen LogP contribution in [-0.2, 0) is 14.8 Å². The highest BCUT2D eigenvalue weighted by Crippen LogP contribution is 2.23. The number of nitrogens with two attached hydrogens (primary N) is 2. The fourth-order valence-corrected chi connectivity index (χ4v) is 3.77. The van der Waals surface area contributed by atoms with Gasteiger partial charge in [0, 0.05) is 17.2 Å². The zero-order valence-electron chi connectivity index (χ0n) is 17.6. The fourth-order valence-electron chi connectivity index (χ4n) is 3.25. The van der Waals surface area contributed by atoms with Crippen molar-refractivity contribution < 1.29 is 18.5 Å². The summed E-state index contributed by atoms with van der Waals surface area (Å²) in [6.07, 6.45) is 1.11. The maximum absolute atomic E-state index is 12.3. The molecule has 0 radical (unpaired) electrons. The third-order valence-electron chi connectivity index (χ3n) is 5.24. The molecule has 0 heterocycles. The molecule has 0 saturated heterocycles. The molecule has 2 rings (SSSR count). The van der Waals surface area contributed by atoms with Crippen LogP contribution in [0.4, 0.5) is 5.69 Å². The van der Waals surface area contributed by atoms with Gasteiger partial charge in [-0.15, -0.1) is 0 Å². The molecule has 2 aromatic rings. The van der Waals surface area contributed by atoms with Gasteiger partial charge in [0.25, 0.3) is 5.91 Å². The molecule has 0 saturated carbocycles. The van der Waals surface area contributed by atoms with Crippen LogP contribution in [0.1, 0.15) is 57.2 Å². The number of benzene rings is 2. The molecular weight excluding hydrogens is 386 g/mol. The Balaban J connectivity index is 1.98. The van der Waals surface area contributed by atoms with Crippen LogP contribution < -0.4 is 15.8 Å². The van der Waals surface area contributed by atoms with E-state index in [1.54, 1.807) is 0 Å². The van der Waals surface area contributed by atoms with Crippen LogP contribution in [0.2, 0.25) is 0 Å². The van der Waals surface area contributed by atoms with Gasteiger partial charge in [-0.05, 0) is 42.2 Å². The van der Waals surface area contributed by atoms with Crippen molar-refractivity contribution in [1.29, 1.82) is 0 Å². The monoisotopic (exact) mass is 418 g/mol. The average molecular weight is 419 g/mol. The van der Waals surface area contributed by atoms with Crippen LogP contribution in [0, 0.1) is 5.92 Å². The van der Waals surface area contributed by atoms with Crippen LogP contribution in [0.25, 0.3) is 0 Å². The summed E-state index contributed by atoms with van der Waals surface area (Å²) in [4.78, 5) is 12.4. The summed E-state index contributed by atoms with van der Waals surface area (Å²) in [5.41, 5.74) is 3.08. The van der Waals surface area contributed by atoms with Gasteiger partial charge in [0.2, 0.25) is 10.0 Å². The van der Waals surface area contributed by atoms with Gasteiger partial charge < -0.3 is 10.6 Å². The molecule has 0 fully saturated rings. The molecular formula is C22H32N3O3S+. The van der Waals surface area contributed by atoms with E-state index in [1.807, 2.05) is 5.32 Å². The lowest BCUT2D eigenvalue weighted by Gasteiger charge is -2.20. The lowest BCUT2D eigenvalue weighted by molar-refractivity contribution is -0.692. The third kappa shape index (κ3) is 6.66. The minimum Gasteiger partial charge on any atom is -0.332 e. The Morgan fingerprint density at radius 3 is 2.03 bits per heavy atom. The quantitative estimate of drug-likeness (QED) is 0.583. The van der Waals surface area contributed by atoms with E-state index in [9.17, 15) is 13.2 Å². The summed E-state index contributed by atoms with van der Waals surface area (Å²) >= 11 is 0. The Hall–Kier alpha value is -2.22. The minimum absolute atomic E-state index is 0.0165. The second-order valence-corrected chi connectivity index (χ2v) is 9.36. The van der Waals surface area contributed by atoms with Crippen molar-refractivity contribution in [3.05, 3.63) is 59.7 Å². The molecule has 0 bridgehead atoms. The summed E-state index contributed by atoms with van der Waals surface area (Å²) < 4.78 is 22.6. The van der Waals surface area contributed by atoms with Gasteiger partial charge in [0.15, 0.2) is 6.54 Å². The molecule has 29 heavy (non-hydrogen) atoms. The predicted molar refractivity (Wildman–Crippen MR) is 116 cm³/mol. The van der Waals surface area contributed by atoms with Gasteiger partial charge in [-0.2, -0.15) is 0 Å². The van der Waals surface area contributed by atoms with Crippen LogP contribution in [-0.4, -0.2) is 20.9 Å². The summed E-state index contributed by atoms with van der Waals surface area (Å²) in [6, 6.07) is 14.7. The van der Waals surface area contributed by atoms with Crippen molar-refractivity contribution in [2.75, 3.05) is 11.9 Å². The molecule has 5 N–H and O–H groups in total.